The molecule has 25 heavy (non-hydrogen) atoms. The molecule has 0 bridgehead atoms. The van der Waals surface area contributed by atoms with E-state index < -0.39 is 0 Å². The number of carbonyl (C=O) groups is 2. The van der Waals surface area contributed by atoms with Crippen LogP contribution >= 0.6 is 0 Å². The van der Waals surface area contributed by atoms with Crippen LogP contribution in [0.3, 0.4) is 0 Å². The number of carbonyl (C=O) groups excluding carboxylic acids is 2. The van der Waals surface area contributed by atoms with E-state index in [2.05, 4.69) is 11.8 Å². The first kappa shape index (κ1) is 17.7. The molecule has 0 N–H and O–H groups in total. The number of benzene rings is 1. The third-order valence-corrected chi connectivity index (χ3v) is 5.30. The molecular formula is C19H26FN3O2. The van der Waals surface area contributed by atoms with Crippen LogP contribution in [0.1, 0.15) is 32.6 Å². The summed E-state index contributed by atoms with van der Waals surface area (Å²) in [4.78, 5) is 30.8. The maximum Gasteiger partial charge on any atom is 0.312 e. The van der Waals surface area contributed by atoms with Gasteiger partial charge in [-0.05, 0) is 49.9 Å². The number of likely N-dealkylation sites (tertiary alicyclic amines) is 1. The maximum absolute atomic E-state index is 13.0. The van der Waals surface area contributed by atoms with Crippen molar-refractivity contribution in [1.82, 2.24) is 9.80 Å². The minimum absolute atomic E-state index is 0.200. The molecule has 0 aliphatic carbocycles. The Bertz CT molecular complexity index is 612. The van der Waals surface area contributed by atoms with Crippen molar-refractivity contribution < 1.29 is 14.0 Å². The van der Waals surface area contributed by atoms with E-state index in [9.17, 15) is 14.0 Å². The van der Waals surface area contributed by atoms with Crippen molar-refractivity contribution in [2.24, 2.45) is 0 Å². The van der Waals surface area contributed by atoms with Gasteiger partial charge in [-0.25, -0.2) is 4.39 Å². The molecule has 136 valence electrons. The molecule has 2 aliphatic heterocycles. The van der Waals surface area contributed by atoms with Crippen LogP contribution in [0.25, 0.3) is 0 Å². The second-order valence-electron chi connectivity index (χ2n) is 6.81. The number of halogens is 1. The van der Waals surface area contributed by atoms with Gasteiger partial charge in [-0.1, -0.05) is 6.92 Å². The molecule has 2 amide bonds. The van der Waals surface area contributed by atoms with E-state index in [0.717, 1.165) is 31.4 Å². The number of piperazine rings is 1. The summed E-state index contributed by atoms with van der Waals surface area (Å²) in [6, 6.07) is 6.58. The van der Waals surface area contributed by atoms with Gasteiger partial charge in [0.05, 0.1) is 0 Å². The van der Waals surface area contributed by atoms with Crippen LogP contribution in [0.4, 0.5) is 10.1 Å². The Labute approximate surface area is 148 Å². The van der Waals surface area contributed by atoms with Crippen molar-refractivity contribution in [3.63, 3.8) is 0 Å². The van der Waals surface area contributed by atoms with Gasteiger partial charge in [0, 0.05) is 44.5 Å². The van der Waals surface area contributed by atoms with Crippen molar-refractivity contribution in [3.05, 3.63) is 30.1 Å². The fraction of sp³-hybridized carbons (Fsp3) is 0.579. The standard InChI is InChI=1S/C19H26FN3O2/c1-2-16-5-3-4-10-23(16)19(25)18(24)22-13-11-21(12-14-22)17-8-6-15(20)7-9-17/h6-9,16H,2-5,10-14H2,1H3. The van der Waals surface area contributed by atoms with Gasteiger partial charge in [0.25, 0.3) is 0 Å². The van der Waals surface area contributed by atoms with Crippen LogP contribution in [0.5, 0.6) is 0 Å². The van der Waals surface area contributed by atoms with Crippen molar-refractivity contribution >= 4 is 17.5 Å². The Hall–Kier alpha value is -2.11. The number of piperidine rings is 1. The lowest BCUT2D eigenvalue weighted by atomic mass is 10.00. The Morgan fingerprint density at radius 3 is 2.32 bits per heavy atom. The average molecular weight is 347 g/mol. The third-order valence-electron chi connectivity index (χ3n) is 5.30. The molecule has 2 saturated heterocycles. The number of amides is 2. The van der Waals surface area contributed by atoms with E-state index in [1.165, 1.54) is 12.1 Å². The predicted octanol–water partition coefficient (Wildman–Crippen LogP) is 2.27. The summed E-state index contributed by atoms with van der Waals surface area (Å²) in [6.45, 7) is 5.11. The number of hydrogen-bond acceptors (Lipinski definition) is 3. The van der Waals surface area contributed by atoms with E-state index >= 15 is 0 Å². The summed E-state index contributed by atoms with van der Waals surface area (Å²) >= 11 is 0. The number of anilines is 1. The molecule has 2 heterocycles. The summed E-state index contributed by atoms with van der Waals surface area (Å²) in [5.74, 6) is -0.976. The van der Waals surface area contributed by atoms with Crippen LogP contribution in [0, 0.1) is 5.82 Å². The maximum atomic E-state index is 13.0. The molecule has 1 atom stereocenters. The molecule has 1 aromatic rings. The minimum atomic E-state index is -0.376. The van der Waals surface area contributed by atoms with Crippen LogP contribution in [0.15, 0.2) is 24.3 Å². The Kier molecular flexibility index (Phi) is 5.56. The van der Waals surface area contributed by atoms with E-state index in [1.54, 1.807) is 21.9 Å². The van der Waals surface area contributed by atoms with Crippen molar-refractivity contribution in [2.45, 2.75) is 38.6 Å². The highest BCUT2D eigenvalue weighted by molar-refractivity contribution is 6.35. The quantitative estimate of drug-likeness (QED) is 0.771. The lowest BCUT2D eigenvalue weighted by Gasteiger charge is -2.39. The summed E-state index contributed by atoms with van der Waals surface area (Å²) in [5, 5.41) is 0. The van der Waals surface area contributed by atoms with Gasteiger partial charge in [0.1, 0.15) is 5.82 Å². The van der Waals surface area contributed by atoms with E-state index in [4.69, 9.17) is 0 Å². The Morgan fingerprint density at radius 2 is 1.68 bits per heavy atom. The number of hydrogen-bond donors (Lipinski definition) is 0. The molecule has 0 aromatic heterocycles. The SMILES string of the molecule is CCC1CCCCN1C(=O)C(=O)N1CCN(c2ccc(F)cc2)CC1. The smallest absolute Gasteiger partial charge is 0.312 e. The van der Waals surface area contributed by atoms with Gasteiger partial charge in [-0.3, -0.25) is 9.59 Å². The van der Waals surface area contributed by atoms with Gasteiger partial charge in [-0.15, -0.1) is 0 Å². The zero-order chi connectivity index (χ0) is 17.8. The van der Waals surface area contributed by atoms with Crippen LogP contribution in [-0.2, 0) is 9.59 Å². The highest BCUT2D eigenvalue weighted by Gasteiger charge is 2.33. The summed E-state index contributed by atoms with van der Waals surface area (Å²) in [6.07, 6.45) is 4.01. The van der Waals surface area contributed by atoms with Crippen molar-refractivity contribution in [1.29, 1.82) is 0 Å². The molecule has 0 spiro atoms. The molecule has 2 aliphatic rings. The highest BCUT2D eigenvalue weighted by Crippen LogP contribution is 2.21. The first-order chi connectivity index (χ1) is 12.1. The lowest BCUT2D eigenvalue weighted by molar-refractivity contribution is -0.154. The fourth-order valence-corrected chi connectivity index (χ4v) is 3.77. The highest BCUT2D eigenvalue weighted by atomic mass is 19.1. The number of rotatable bonds is 2. The lowest BCUT2D eigenvalue weighted by Crippen LogP contribution is -2.55. The van der Waals surface area contributed by atoms with Crippen LogP contribution in [0.2, 0.25) is 0 Å². The second kappa shape index (κ2) is 7.85. The van der Waals surface area contributed by atoms with Crippen molar-refractivity contribution in [3.8, 4) is 0 Å². The van der Waals surface area contributed by atoms with Crippen molar-refractivity contribution in [2.75, 3.05) is 37.6 Å². The molecule has 1 unspecified atom stereocenters. The number of nitrogens with zero attached hydrogens (tertiary/aromatic N) is 3. The van der Waals surface area contributed by atoms with Crippen LogP contribution in [-0.4, -0.2) is 60.4 Å². The monoisotopic (exact) mass is 347 g/mol. The molecule has 5 nitrogen and oxygen atoms in total. The third kappa shape index (κ3) is 3.94. The molecule has 3 rings (SSSR count). The topological polar surface area (TPSA) is 43.9 Å². The van der Waals surface area contributed by atoms with E-state index in [-0.39, 0.29) is 23.7 Å². The zero-order valence-corrected chi connectivity index (χ0v) is 14.8. The van der Waals surface area contributed by atoms with Gasteiger partial charge in [0.2, 0.25) is 0 Å². The Balaban J connectivity index is 1.57. The Morgan fingerprint density at radius 1 is 1.00 bits per heavy atom. The summed E-state index contributed by atoms with van der Waals surface area (Å²) in [5.41, 5.74) is 0.946. The summed E-state index contributed by atoms with van der Waals surface area (Å²) in [7, 11) is 0. The van der Waals surface area contributed by atoms with E-state index in [0.29, 0.717) is 32.7 Å². The molecule has 1 aromatic carbocycles. The first-order valence-corrected chi connectivity index (χ1v) is 9.20. The van der Waals surface area contributed by atoms with Gasteiger partial charge in [-0.2, -0.15) is 0 Å². The average Bonchev–Trinajstić information content (AvgIpc) is 2.67. The molecule has 0 radical (unpaired) electrons. The largest absolute Gasteiger partial charge is 0.368 e. The second-order valence-corrected chi connectivity index (χ2v) is 6.81. The molecule has 2 fully saturated rings. The fourth-order valence-electron chi connectivity index (χ4n) is 3.77. The predicted molar refractivity (Wildman–Crippen MR) is 94.8 cm³/mol. The van der Waals surface area contributed by atoms with Crippen LogP contribution < -0.4 is 4.90 Å². The van der Waals surface area contributed by atoms with E-state index in [1.807, 2.05) is 0 Å². The summed E-state index contributed by atoms with van der Waals surface area (Å²) < 4.78 is 13.0. The van der Waals surface area contributed by atoms with Gasteiger partial charge in [0.15, 0.2) is 0 Å². The molecule has 0 saturated carbocycles. The molecule has 6 heteroatoms. The molecular weight excluding hydrogens is 321 g/mol. The minimum Gasteiger partial charge on any atom is -0.368 e. The van der Waals surface area contributed by atoms with Gasteiger partial charge < -0.3 is 14.7 Å². The zero-order valence-electron chi connectivity index (χ0n) is 14.8. The first-order valence-electron chi connectivity index (χ1n) is 9.20. The van der Waals surface area contributed by atoms with Gasteiger partial charge >= 0.3 is 11.8 Å². The normalized spacial score (nSPS) is 21.4.